The van der Waals surface area contributed by atoms with Crippen LogP contribution in [0.25, 0.3) is 10.9 Å². The van der Waals surface area contributed by atoms with Crippen molar-refractivity contribution in [2.24, 2.45) is 9.98 Å². The zero-order chi connectivity index (χ0) is 25.7. The number of benzene rings is 2. The van der Waals surface area contributed by atoms with E-state index in [1.54, 1.807) is 35.2 Å². The van der Waals surface area contributed by atoms with Crippen LogP contribution in [-0.4, -0.2) is 75.5 Å². The second kappa shape index (κ2) is 11.2. The minimum absolute atomic E-state index is 0.00127. The van der Waals surface area contributed by atoms with Gasteiger partial charge >= 0.3 is 0 Å². The highest BCUT2D eigenvalue weighted by Gasteiger charge is 2.21. The van der Waals surface area contributed by atoms with Crippen molar-refractivity contribution in [2.45, 2.75) is 13.3 Å². The Hall–Kier alpha value is -3.92. The van der Waals surface area contributed by atoms with Crippen LogP contribution in [0, 0.1) is 12.7 Å². The fraction of sp³-hybridized carbons (Fsp3) is 0.346. The van der Waals surface area contributed by atoms with E-state index in [2.05, 4.69) is 21.7 Å². The lowest BCUT2D eigenvalue weighted by molar-refractivity contribution is -0.135. The fourth-order valence-corrected chi connectivity index (χ4v) is 4.03. The van der Waals surface area contributed by atoms with Gasteiger partial charge in [-0.1, -0.05) is 0 Å². The van der Waals surface area contributed by atoms with Crippen LogP contribution < -0.4 is 14.2 Å². The zero-order valence-corrected chi connectivity index (χ0v) is 20.6. The molecule has 1 saturated heterocycles. The van der Waals surface area contributed by atoms with Crippen molar-refractivity contribution >= 4 is 35.1 Å². The molecule has 1 fully saturated rings. The fourth-order valence-electron chi connectivity index (χ4n) is 4.03. The molecule has 1 aliphatic heterocycles. The summed E-state index contributed by atoms with van der Waals surface area (Å²) in [5.74, 6) is 0.444. The molecule has 0 unspecified atom stereocenters. The predicted molar refractivity (Wildman–Crippen MR) is 136 cm³/mol. The Bertz CT molecular complexity index is 1300. The van der Waals surface area contributed by atoms with Crippen LogP contribution in [-0.2, 0) is 9.53 Å². The van der Waals surface area contributed by atoms with Crippen molar-refractivity contribution in [3.05, 3.63) is 47.4 Å². The summed E-state index contributed by atoms with van der Waals surface area (Å²) in [6.07, 6.45) is 0.215. The van der Waals surface area contributed by atoms with E-state index in [9.17, 15) is 4.79 Å². The molecular formula is C26H29FN4O5. The number of nitrogens with one attached hydrogen (secondary N) is 1. The number of aliphatic imine (C=N–C) groups is 2. The molecule has 1 aromatic heterocycles. The maximum Gasteiger partial charge on any atom is 0.226 e. The highest BCUT2D eigenvalue weighted by atomic mass is 19.1. The number of aryl methyl sites for hydroxylation is 1. The molecule has 0 spiro atoms. The van der Waals surface area contributed by atoms with E-state index in [0.29, 0.717) is 60.0 Å². The Morgan fingerprint density at radius 1 is 1.19 bits per heavy atom. The van der Waals surface area contributed by atoms with E-state index in [0.717, 1.165) is 5.69 Å². The van der Waals surface area contributed by atoms with Crippen LogP contribution in [0.4, 0.5) is 10.1 Å². The summed E-state index contributed by atoms with van der Waals surface area (Å²) in [7, 11) is 3.03. The summed E-state index contributed by atoms with van der Waals surface area (Å²) in [6, 6.07) is 8.28. The van der Waals surface area contributed by atoms with Gasteiger partial charge in [0.15, 0.2) is 23.1 Å². The number of nitrogens with zero attached hydrogens (tertiary/aromatic N) is 3. The van der Waals surface area contributed by atoms with Gasteiger partial charge in [0.2, 0.25) is 11.8 Å². The lowest BCUT2D eigenvalue weighted by Gasteiger charge is -2.26. The highest BCUT2D eigenvalue weighted by Crippen LogP contribution is 2.36. The monoisotopic (exact) mass is 496 g/mol. The lowest BCUT2D eigenvalue weighted by atomic mass is 10.1. The number of ether oxygens (including phenoxy) is 4. The van der Waals surface area contributed by atoms with Crippen molar-refractivity contribution < 1.29 is 28.1 Å². The van der Waals surface area contributed by atoms with Crippen molar-refractivity contribution in [3.63, 3.8) is 0 Å². The summed E-state index contributed by atoms with van der Waals surface area (Å²) >= 11 is 0. The number of carbonyl (C=O) groups excluding carboxylic acids is 1. The SMILES string of the molecule is C=Nc1cc(OCCC(=O)N2CCOCC2)c(OC)cc1/C(=N\C)Oc1ccc2[nH]c(C)cc2c1F. The van der Waals surface area contributed by atoms with E-state index < -0.39 is 5.82 Å². The van der Waals surface area contributed by atoms with Gasteiger partial charge in [-0.25, -0.2) is 4.39 Å². The molecule has 1 N–H and O–H groups in total. The smallest absolute Gasteiger partial charge is 0.226 e. The second-order valence-electron chi connectivity index (χ2n) is 8.19. The second-order valence-corrected chi connectivity index (χ2v) is 8.19. The first-order chi connectivity index (χ1) is 17.4. The number of amides is 1. The molecule has 1 aliphatic rings. The number of rotatable bonds is 8. The minimum atomic E-state index is -0.497. The maximum atomic E-state index is 15.1. The Labute approximate surface area is 208 Å². The van der Waals surface area contributed by atoms with Crippen molar-refractivity contribution in [1.29, 1.82) is 0 Å². The molecule has 2 aromatic carbocycles. The standard InChI is InChI=1S/C26H29FN4O5/c1-16-13-17-19(30-16)5-6-21(25(17)27)36-26(29-3)18-14-22(33-4)23(15-20(18)28-2)35-10-7-24(32)31-8-11-34-12-9-31/h5-6,13-15,30H,2,7-12H2,1,3-4H3/b29-26+. The minimum Gasteiger partial charge on any atom is -0.493 e. The summed E-state index contributed by atoms with van der Waals surface area (Å²) in [4.78, 5) is 25.5. The van der Waals surface area contributed by atoms with Crippen molar-refractivity contribution in [3.8, 4) is 17.2 Å². The Kier molecular flexibility index (Phi) is 7.84. The van der Waals surface area contributed by atoms with E-state index in [1.807, 2.05) is 6.92 Å². The third kappa shape index (κ3) is 5.33. The van der Waals surface area contributed by atoms with Gasteiger partial charge in [-0.05, 0) is 37.9 Å². The number of morpholine rings is 1. The first-order valence-electron chi connectivity index (χ1n) is 11.5. The van der Waals surface area contributed by atoms with Crippen LogP contribution in [0.5, 0.6) is 17.2 Å². The number of aromatic amines is 1. The normalized spacial score (nSPS) is 14.1. The molecular weight excluding hydrogens is 467 g/mol. The predicted octanol–water partition coefficient (Wildman–Crippen LogP) is 4.04. The molecule has 3 aromatic rings. The third-order valence-corrected chi connectivity index (χ3v) is 5.87. The van der Waals surface area contributed by atoms with Crippen LogP contribution in [0.15, 0.2) is 40.3 Å². The van der Waals surface area contributed by atoms with Gasteiger partial charge in [-0.3, -0.25) is 14.8 Å². The molecule has 1 amide bonds. The maximum absolute atomic E-state index is 15.1. The largest absolute Gasteiger partial charge is 0.493 e. The van der Waals surface area contributed by atoms with E-state index >= 15 is 4.39 Å². The molecule has 2 heterocycles. The number of H-pyrrole nitrogens is 1. The van der Waals surface area contributed by atoms with Gasteiger partial charge in [0.25, 0.3) is 0 Å². The first-order valence-corrected chi connectivity index (χ1v) is 11.5. The molecule has 0 saturated carbocycles. The number of aromatic nitrogens is 1. The molecule has 0 radical (unpaired) electrons. The number of hydrogen-bond donors (Lipinski definition) is 1. The highest BCUT2D eigenvalue weighted by molar-refractivity contribution is 6.01. The van der Waals surface area contributed by atoms with Gasteiger partial charge in [-0.2, -0.15) is 0 Å². The third-order valence-electron chi connectivity index (χ3n) is 5.87. The molecule has 10 heteroatoms. The number of hydrogen-bond acceptors (Lipinski definition) is 7. The first kappa shape index (κ1) is 25.2. The molecule has 9 nitrogen and oxygen atoms in total. The van der Waals surface area contributed by atoms with Gasteiger partial charge < -0.3 is 28.8 Å². The molecule has 36 heavy (non-hydrogen) atoms. The van der Waals surface area contributed by atoms with E-state index in [1.165, 1.54) is 14.2 Å². The van der Waals surface area contributed by atoms with Crippen LogP contribution in [0.1, 0.15) is 17.7 Å². The van der Waals surface area contributed by atoms with Gasteiger partial charge in [0.1, 0.15) is 0 Å². The number of halogens is 1. The molecule has 190 valence electrons. The number of carbonyl (C=O) groups is 1. The van der Waals surface area contributed by atoms with E-state index in [4.69, 9.17) is 18.9 Å². The Morgan fingerprint density at radius 2 is 1.97 bits per heavy atom. The van der Waals surface area contributed by atoms with E-state index in [-0.39, 0.29) is 30.6 Å². The van der Waals surface area contributed by atoms with Gasteiger partial charge in [-0.15, -0.1) is 0 Å². The van der Waals surface area contributed by atoms with Crippen LogP contribution in [0.2, 0.25) is 0 Å². The molecule has 0 atom stereocenters. The molecule has 0 bridgehead atoms. The van der Waals surface area contributed by atoms with Crippen molar-refractivity contribution in [1.82, 2.24) is 9.88 Å². The Balaban J connectivity index is 1.53. The number of fused-ring (bicyclic) bond motifs is 1. The lowest BCUT2D eigenvalue weighted by Crippen LogP contribution is -2.41. The van der Waals surface area contributed by atoms with Gasteiger partial charge in [0, 0.05) is 42.8 Å². The quantitative estimate of drug-likeness (QED) is 0.375. The zero-order valence-electron chi connectivity index (χ0n) is 20.6. The average Bonchev–Trinajstić information content (AvgIpc) is 3.29. The Morgan fingerprint density at radius 3 is 2.67 bits per heavy atom. The molecule has 0 aliphatic carbocycles. The van der Waals surface area contributed by atoms with Crippen LogP contribution >= 0.6 is 0 Å². The van der Waals surface area contributed by atoms with Crippen LogP contribution in [0.3, 0.4) is 0 Å². The summed E-state index contributed by atoms with van der Waals surface area (Å²) in [6.45, 7) is 7.90. The molecule has 4 rings (SSSR count). The number of methoxy groups -OCH3 is 1. The average molecular weight is 497 g/mol. The van der Waals surface area contributed by atoms with Gasteiger partial charge in [0.05, 0.1) is 44.6 Å². The summed E-state index contributed by atoms with van der Waals surface area (Å²) in [5, 5.41) is 0.426. The van der Waals surface area contributed by atoms with Crippen molar-refractivity contribution in [2.75, 3.05) is 47.1 Å². The summed E-state index contributed by atoms with van der Waals surface area (Å²) in [5.41, 5.74) is 2.38. The summed E-state index contributed by atoms with van der Waals surface area (Å²) < 4.78 is 37.6. The topological polar surface area (TPSA) is 97.7 Å².